The van der Waals surface area contributed by atoms with E-state index in [1.807, 2.05) is 18.2 Å². The first-order valence-electron chi connectivity index (χ1n) is 5.49. The Balaban J connectivity index is 2.14. The number of halogens is 1. The summed E-state index contributed by atoms with van der Waals surface area (Å²) in [4.78, 5) is 0. The Bertz CT molecular complexity index is 517. The van der Waals surface area contributed by atoms with E-state index in [2.05, 4.69) is 0 Å². The second-order valence-corrected chi connectivity index (χ2v) is 3.82. The van der Waals surface area contributed by atoms with Gasteiger partial charge < -0.3 is 14.8 Å². The number of rotatable bonds is 4. The largest absolute Gasteiger partial charge is 0.489 e. The molecule has 0 spiro atoms. The van der Waals surface area contributed by atoms with Gasteiger partial charge in [-0.2, -0.15) is 0 Å². The van der Waals surface area contributed by atoms with Crippen LogP contribution in [0.1, 0.15) is 5.56 Å². The molecule has 0 heterocycles. The zero-order chi connectivity index (χ0) is 13.0. The van der Waals surface area contributed by atoms with Crippen molar-refractivity contribution < 1.29 is 19.2 Å². The van der Waals surface area contributed by atoms with Crippen LogP contribution >= 0.6 is 0 Å². The third-order valence-corrected chi connectivity index (χ3v) is 2.52. The van der Waals surface area contributed by atoms with Crippen molar-refractivity contribution >= 4 is 12.6 Å². The van der Waals surface area contributed by atoms with Gasteiger partial charge in [-0.3, -0.25) is 0 Å². The summed E-state index contributed by atoms with van der Waals surface area (Å²) in [6, 6.07) is 12.9. The van der Waals surface area contributed by atoms with Gasteiger partial charge in [0.05, 0.1) is 0 Å². The van der Waals surface area contributed by atoms with E-state index >= 15 is 0 Å². The maximum absolute atomic E-state index is 13.0. The predicted molar refractivity (Wildman–Crippen MR) is 67.0 cm³/mol. The molecule has 18 heavy (non-hydrogen) atoms. The van der Waals surface area contributed by atoms with E-state index in [-0.39, 0.29) is 12.1 Å². The fourth-order valence-electron chi connectivity index (χ4n) is 1.62. The molecule has 0 bridgehead atoms. The molecule has 2 N–H and O–H groups in total. The zero-order valence-corrected chi connectivity index (χ0v) is 9.58. The Labute approximate surface area is 105 Å². The zero-order valence-electron chi connectivity index (χ0n) is 9.58. The van der Waals surface area contributed by atoms with E-state index in [4.69, 9.17) is 14.8 Å². The summed E-state index contributed by atoms with van der Waals surface area (Å²) >= 11 is 0. The summed E-state index contributed by atoms with van der Waals surface area (Å²) in [6.07, 6.45) is 0. The van der Waals surface area contributed by atoms with E-state index in [1.165, 1.54) is 12.1 Å². The molecule has 0 fully saturated rings. The highest BCUT2D eigenvalue weighted by Gasteiger charge is 2.17. The number of para-hydroxylation sites is 1. The Morgan fingerprint density at radius 2 is 1.78 bits per heavy atom. The van der Waals surface area contributed by atoms with Crippen molar-refractivity contribution in [1.82, 2.24) is 0 Å². The Morgan fingerprint density at radius 1 is 1.06 bits per heavy atom. The molecule has 0 aliphatic carbocycles. The van der Waals surface area contributed by atoms with Crippen LogP contribution < -0.4 is 10.2 Å². The van der Waals surface area contributed by atoms with Crippen LogP contribution in [0.3, 0.4) is 0 Å². The van der Waals surface area contributed by atoms with Gasteiger partial charge in [-0.25, -0.2) is 4.39 Å². The molecule has 2 aromatic carbocycles. The van der Waals surface area contributed by atoms with E-state index < -0.39 is 12.9 Å². The first kappa shape index (κ1) is 12.6. The molecular weight excluding hydrogens is 234 g/mol. The molecule has 0 atom stereocenters. The van der Waals surface area contributed by atoms with Gasteiger partial charge in [0.2, 0.25) is 0 Å². The van der Waals surface area contributed by atoms with E-state index in [0.29, 0.717) is 11.3 Å². The van der Waals surface area contributed by atoms with Crippen LogP contribution in [0.15, 0.2) is 48.5 Å². The Hall–Kier alpha value is -1.85. The molecule has 92 valence electrons. The lowest BCUT2D eigenvalue weighted by atomic mass is 9.77. The van der Waals surface area contributed by atoms with Gasteiger partial charge in [0.15, 0.2) is 0 Å². The highest BCUT2D eigenvalue weighted by molar-refractivity contribution is 6.59. The minimum atomic E-state index is -1.71. The summed E-state index contributed by atoms with van der Waals surface area (Å²) < 4.78 is 18.5. The molecular formula is C13H12BFO3. The monoisotopic (exact) mass is 246 g/mol. The van der Waals surface area contributed by atoms with E-state index in [1.54, 1.807) is 12.1 Å². The van der Waals surface area contributed by atoms with Gasteiger partial charge in [0, 0.05) is 0 Å². The molecule has 0 unspecified atom stereocenters. The minimum absolute atomic E-state index is 0.117. The van der Waals surface area contributed by atoms with Crippen LogP contribution in [0, 0.1) is 5.82 Å². The summed E-state index contributed by atoms with van der Waals surface area (Å²) in [5, 5.41) is 18.3. The normalized spacial score (nSPS) is 10.2. The van der Waals surface area contributed by atoms with Crippen LogP contribution in [0.4, 0.5) is 4.39 Å². The molecule has 3 nitrogen and oxygen atoms in total. The fourth-order valence-corrected chi connectivity index (χ4v) is 1.62. The molecule has 0 saturated carbocycles. The van der Waals surface area contributed by atoms with Crippen molar-refractivity contribution in [2.45, 2.75) is 6.61 Å². The third kappa shape index (κ3) is 3.09. The van der Waals surface area contributed by atoms with Crippen LogP contribution in [0.5, 0.6) is 5.75 Å². The van der Waals surface area contributed by atoms with Crippen LogP contribution in [-0.4, -0.2) is 17.2 Å². The number of hydrogen-bond donors (Lipinski definition) is 2. The van der Waals surface area contributed by atoms with Crippen LogP contribution in [0.2, 0.25) is 0 Å². The van der Waals surface area contributed by atoms with Gasteiger partial charge >= 0.3 is 7.12 Å². The van der Waals surface area contributed by atoms with E-state index in [0.717, 1.165) is 6.07 Å². The molecule has 0 aliphatic heterocycles. The number of benzene rings is 2. The summed E-state index contributed by atoms with van der Waals surface area (Å²) in [5.41, 5.74) is 0.654. The maximum atomic E-state index is 13.0. The lowest BCUT2D eigenvalue weighted by Gasteiger charge is -2.10. The van der Waals surface area contributed by atoms with Crippen molar-refractivity contribution in [2.24, 2.45) is 0 Å². The van der Waals surface area contributed by atoms with Crippen molar-refractivity contribution in [2.75, 3.05) is 0 Å². The van der Waals surface area contributed by atoms with Crippen LogP contribution in [-0.2, 0) is 6.61 Å². The topological polar surface area (TPSA) is 49.7 Å². The lowest BCUT2D eigenvalue weighted by Crippen LogP contribution is -2.34. The second kappa shape index (κ2) is 5.66. The quantitative estimate of drug-likeness (QED) is 0.794. The first-order chi connectivity index (χ1) is 8.66. The maximum Gasteiger partial charge on any atom is 0.488 e. The van der Waals surface area contributed by atoms with Crippen molar-refractivity contribution in [3.63, 3.8) is 0 Å². The van der Waals surface area contributed by atoms with Gasteiger partial charge in [-0.15, -0.1) is 0 Å². The Kier molecular flexibility index (Phi) is 3.97. The molecule has 0 amide bonds. The summed E-state index contributed by atoms with van der Waals surface area (Å²) in [5.74, 6) is 0.154. The Morgan fingerprint density at radius 3 is 2.44 bits per heavy atom. The average molecular weight is 246 g/mol. The third-order valence-electron chi connectivity index (χ3n) is 2.52. The van der Waals surface area contributed by atoms with Gasteiger partial charge in [-0.1, -0.05) is 24.3 Å². The van der Waals surface area contributed by atoms with E-state index in [9.17, 15) is 4.39 Å². The highest BCUT2D eigenvalue weighted by atomic mass is 19.1. The molecule has 5 heteroatoms. The fraction of sp³-hybridized carbons (Fsp3) is 0.0769. The molecule has 0 saturated heterocycles. The molecule has 0 aromatic heterocycles. The average Bonchev–Trinajstić information content (AvgIpc) is 2.38. The van der Waals surface area contributed by atoms with Crippen molar-refractivity contribution in [3.8, 4) is 5.75 Å². The number of ether oxygens (including phenoxy) is 1. The molecule has 2 aromatic rings. The summed E-state index contributed by atoms with van der Waals surface area (Å²) in [7, 11) is -1.71. The summed E-state index contributed by atoms with van der Waals surface area (Å²) in [6.45, 7) is 0.150. The van der Waals surface area contributed by atoms with Gasteiger partial charge in [0.1, 0.15) is 18.2 Å². The minimum Gasteiger partial charge on any atom is -0.489 e. The standard InChI is InChI=1S/C13H12BFO3/c15-11-7-6-10(13(8-11)14(16)17)9-18-12-4-2-1-3-5-12/h1-8,16-17H,9H2. The van der Waals surface area contributed by atoms with Crippen LogP contribution in [0.25, 0.3) is 0 Å². The molecule has 0 radical (unpaired) electrons. The first-order valence-corrected chi connectivity index (χ1v) is 5.49. The smallest absolute Gasteiger partial charge is 0.488 e. The SMILES string of the molecule is OB(O)c1cc(F)ccc1COc1ccccc1. The number of hydrogen-bond acceptors (Lipinski definition) is 3. The highest BCUT2D eigenvalue weighted by Crippen LogP contribution is 2.11. The predicted octanol–water partition coefficient (Wildman–Crippen LogP) is 1.08. The molecule has 2 rings (SSSR count). The van der Waals surface area contributed by atoms with Gasteiger partial charge in [0.25, 0.3) is 0 Å². The molecule has 0 aliphatic rings. The second-order valence-electron chi connectivity index (χ2n) is 3.82. The lowest BCUT2D eigenvalue weighted by molar-refractivity contribution is 0.306. The van der Waals surface area contributed by atoms with Crippen molar-refractivity contribution in [1.29, 1.82) is 0 Å². The van der Waals surface area contributed by atoms with Gasteiger partial charge in [-0.05, 0) is 35.3 Å². The van der Waals surface area contributed by atoms with Crippen molar-refractivity contribution in [3.05, 3.63) is 59.9 Å².